The fourth-order valence-corrected chi connectivity index (χ4v) is 3.49. The SMILES string of the molecule is C=C/C(=N\Nc1ccc(=O)n(CC(C)C)c1)c1cnc(CC2CCOCC2)cc1F. The highest BCUT2D eigenvalue weighted by atomic mass is 19.1. The van der Waals surface area contributed by atoms with Crippen LogP contribution in [0.5, 0.6) is 0 Å². The summed E-state index contributed by atoms with van der Waals surface area (Å²) in [4.78, 5) is 16.4. The molecule has 160 valence electrons. The van der Waals surface area contributed by atoms with Crippen LogP contribution in [0.25, 0.3) is 0 Å². The topological polar surface area (TPSA) is 68.5 Å². The van der Waals surface area contributed by atoms with Crippen LogP contribution in [0.1, 0.15) is 37.9 Å². The van der Waals surface area contributed by atoms with E-state index in [4.69, 9.17) is 4.74 Å². The Morgan fingerprint density at radius 1 is 1.43 bits per heavy atom. The number of halogens is 1. The largest absolute Gasteiger partial charge is 0.381 e. The summed E-state index contributed by atoms with van der Waals surface area (Å²) in [6.45, 7) is 9.96. The lowest BCUT2D eigenvalue weighted by molar-refractivity contribution is 0.0662. The Hall–Kier alpha value is -2.80. The van der Waals surface area contributed by atoms with Crippen molar-refractivity contribution in [2.45, 2.75) is 39.7 Å². The monoisotopic (exact) mass is 412 g/mol. The first kappa shape index (κ1) is 21.9. The predicted octanol–water partition coefficient (Wildman–Crippen LogP) is 4.01. The van der Waals surface area contributed by atoms with Crippen molar-refractivity contribution in [3.05, 3.63) is 70.7 Å². The Morgan fingerprint density at radius 2 is 2.20 bits per heavy atom. The quantitative estimate of drug-likeness (QED) is 0.525. The van der Waals surface area contributed by atoms with Crippen LogP contribution in [0, 0.1) is 17.7 Å². The van der Waals surface area contributed by atoms with Crippen LogP contribution in [0.2, 0.25) is 0 Å². The van der Waals surface area contributed by atoms with Gasteiger partial charge in [0.05, 0.1) is 17.0 Å². The summed E-state index contributed by atoms with van der Waals surface area (Å²) in [5.74, 6) is 0.439. The zero-order chi connectivity index (χ0) is 21.5. The first-order valence-corrected chi connectivity index (χ1v) is 10.4. The van der Waals surface area contributed by atoms with Crippen LogP contribution in [0.4, 0.5) is 10.1 Å². The summed E-state index contributed by atoms with van der Waals surface area (Å²) in [5.41, 5.74) is 4.82. The summed E-state index contributed by atoms with van der Waals surface area (Å²) >= 11 is 0. The molecule has 7 heteroatoms. The Labute approximate surface area is 176 Å². The maximum absolute atomic E-state index is 14.8. The summed E-state index contributed by atoms with van der Waals surface area (Å²) in [7, 11) is 0. The van der Waals surface area contributed by atoms with E-state index in [1.807, 2.05) is 13.8 Å². The molecule has 0 atom stereocenters. The number of pyridine rings is 2. The van der Waals surface area contributed by atoms with E-state index in [-0.39, 0.29) is 16.9 Å². The summed E-state index contributed by atoms with van der Waals surface area (Å²) in [6, 6.07) is 4.61. The zero-order valence-electron chi connectivity index (χ0n) is 17.6. The van der Waals surface area contributed by atoms with E-state index in [9.17, 15) is 9.18 Å². The first-order valence-electron chi connectivity index (χ1n) is 10.4. The highest BCUT2D eigenvalue weighted by Gasteiger charge is 2.17. The number of nitrogens with one attached hydrogen (secondary N) is 1. The zero-order valence-corrected chi connectivity index (χ0v) is 17.6. The molecule has 30 heavy (non-hydrogen) atoms. The van der Waals surface area contributed by atoms with Crippen molar-refractivity contribution in [2.75, 3.05) is 18.6 Å². The fraction of sp³-hybridized carbons (Fsp3) is 0.435. The van der Waals surface area contributed by atoms with Crippen LogP contribution >= 0.6 is 0 Å². The third kappa shape index (κ3) is 5.86. The van der Waals surface area contributed by atoms with Gasteiger partial charge in [-0.15, -0.1) is 0 Å². The Bertz CT molecular complexity index is 962. The minimum Gasteiger partial charge on any atom is -0.381 e. The van der Waals surface area contributed by atoms with Gasteiger partial charge in [0, 0.05) is 43.9 Å². The molecule has 0 aromatic carbocycles. The number of aromatic nitrogens is 2. The average molecular weight is 413 g/mol. The van der Waals surface area contributed by atoms with Crippen LogP contribution in [0.15, 0.2) is 53.1 Å². The highest BCUT2D eigenvalue weighted by Crippen LogP contribution is 2.20. The lowest BCUT2D eigenvalue weighted by atomic mass is 9.94. The van der Waals surface area contributed by atoms with Crippen LogP contribution < -0.4 is 11.0 Å². The van der Waals surface area contributed by atoms with E-state index in [0.29, 0.717) is 29.8 Å². The number of hydrogen-bond donors (Lipinski definition) is 1. The van der Waals surface area contributed by atoms with Gasteiger partial charge in [-0.3, -0.25) is 15.2 Å². The molecule has 0 amide bonds. The number of anilines is 1. The maximum atomic E-state index is 14.8. The third-order valence-electron chi connectivity index (χ3n) is 5.07. The lowest BCUT2D eigenvalue weighted by Gasteiger charge is -2.21. The normalized spacial score (nSPS) is 15.4. The molecular weight excluding hydrogens is 383 g/mol. The minimum atomic E-state index is -0.378. The molecule has 2 aromatic heterocycles. The molecule has 1 N–H and O–H groups in total. The molecule has 1 aliphatic rings. The summed E-state index contributed by atoms with van der Waals surface area (Å²) in [6.07, 6.45) is 7.40. The molecular formula is C23H29FN4O2. The summed E-state index contributed by atoms with van der Waals surface area (Å²) < 4.78 is 21.8. The standard InChI is InChI=1S/C23H29FN4O2/c1-4-22(27-26-18-5-6-23(29)28(15-18)14-16(2)3)20-13-25-19(12-21(20)24)11-17-7-9-30-10-8-17/h4-6,12-13,15-17,26H,1,7-11,14H2,2-3H3/b27-22+. The van der Waals surface area contributed by atoms with E-state index in [1.165, 1.54) is 24.4 Å². The van der Waals surface area contributed by atoms with Gasteiger partial charge >= 0.3 is 0 Å². The van der Waals surface area contributed by atoms with Gasteiger partial charge in [-0.2, -0.15) is 5.10 Å². The minimum absolute atomic E-state index is 0.0717. The molecule has 3 rings (SSSR count). The van der Waals surface area contributed by atoms with Gasteiger partial charge in [0.25, 0.3) is 5.56 Å². The number of ether oxygens (including phenoxy) is 1. The van der Waals surface area contributed by atoms with Gasteiger partial charge in [0.1, 0.15) is 5.82 Å². The smallest absolute Gasteiger partial charge is 0.250 e. The van der Waals surface area contributed by atoms with E-state index in [2.05, 4.69) is 22.1 Å². The maximum Gasteiger partial charge on any atom is 0.250 e. The molecule has 0 radical (unpaired) electrons. The van der Waals surface area contributed by atoms with E-state index < -0.39 is 0 Å². The van der Waals surface area contributed by atoms with Crippen molar-refractivity contribution in [1.82, 2.24) is 9.55 Å². The van der Waals surface area contributed by atoms with Gasteiger partial charge in [0.15, 0.2) is 0 Å². The number of nitrogens with zero attached hydrogens (tertiary/aromatic N) is 3. The highest BCUT2D eigenvalue weighted by molar-refractivity contribution is 6.08. The fourth-order valence-electron chi connectivity index (χ4n) is 3.49. The van der Waals surface area contributed by atoms with Gasteiger partial charge < -0.3 is 9.30 Å². The number of hydrazone groups is 1. The molecule has 3 heterocycles. The Morgan fingerprint density at radius 3 is 2.87 bits per heavy atom. The van der Waals surface area contributed by atoms with Gasteiger partial charge in [-0.1, -0.05) is 20.4 Å². The van der Waals surface area contributed by atoms with E-state index in [1.54, 1.807) is 16.8 Å². The molecule has 1 aliphatic heterocycles. The molecule has 0 saturated carbocycles. The number of hydrogen-bond acceptors (Lipinski definition) is 5. The molecule has 0 bridgehead atoms. The second-order valence-electron chi connectivity index (χ2n) is 8.03. The van der Waals surface area contributed by atoms with Gasteiger partial charge in [-0.25, -0.2) is 4.39 Å². The molecule has 1 fully saturated rings. The van der Waals surface area contributed by atoms with Crippen molar-refractivity contribution >= 4 is 11.4 Å². The van der Waals surface area contributed by atoms with Gasteiger partial charge in [0.2, 0.25) is 0 Å². The van der Waals surface area contributed by atoms with Crippen molar-refractivity contribution in [1.29, 1.82) is 0 Å². The summed E-state index contributed by atoms with van der Waals surface area (Å²) in [5, 5.41) is 4.28. The molecule has 1 saturated heterocycles. The van der Waals surface area contributed by atoms with E-state index in [0.717, 1.165) is 38.2 Å². The average Bonchev–Trinajstić information content (AvgIpc) is 2.72. The Kier molecular flexibility index (Phi) is 7.52. The van der Waals surface area contributed by atoms with Crippen molar-refractivity contribution in [3.63, 3.8) is 0 Å². The van der Waals surface area contributed by atoms with Crippen LogP contribution in [-0.2, 0) is 17.7 Å². The van der Waals surface area contributed by atoms with Crippen molar-refractivity contribution < 1.29 is 9.13 Å². The van der Waals surface area contributed by atoms with Crippen molar-refractivity contribution in [2.24, 2.45) is 16.9 Å². The first-order chi connectivity index (χ1) is 14.5. The predicted molar refractivity (Wildman–Crippen MR) is 117 cm³/mol. The van der Waals surface area contributed by atoms with Crippen molar-refractivity contribution in [3.8, 4) is 0 Å². The Balaban J connectivity index is 1.74. The number of allylic oxidation sites excluding steroid dienone is 1. The molecule has 0 unspecified atom stereocenters. The van der Waals surface area contributed by atoms with Crippen LogP contribution in [-0.4, -0.2) is 28.5 Å². The van der Waals surface area contributed by atoms with Crippen LogP contribution in [0.3, 0.4) is 0 Å². The lowest BCUT2D eigenvalue weighted by Crippen LogP contribution is -2.21. The molecule has 0 aliphatic carbocycles. The second-order valence-corrected chi connectivity index (χ2v) is 8.03. The molecule has 2 aromatic rings. The molecule has 6 nitrogen and oxygen atoms in total. The third-order valence-corrected chi connectivity index (χ3v) is 5.07. The van der Waals surface area contributed by atoms with Gasteiger partial charge in [-0.05, 0) is 49.3 Å². The number of rotatable bonds is 8. The van der Waals surface area contributed by atoms with E-state index >= 15 is 0 Å². The molecule has 0 spiro atoms. The second kappa shape index (κ2) is 10.3.